The number of nitrogens with one attached hydrogen (secondary N) is 1. The SMILES string of the molecule is Cc1ccc(CNc2cccc(OCCc3ccccc3)c2)cc1. The van der Waals surface area contributed by atoms with E-state index in [1.54, 1.807) is 0 Å². The molecule has 0 aliphatic heterocycles. The first kappa shape index (κ1) is 16.1. The summed E-state index contributed by atoms with van der Waals surface area (Å²) in [6.07, 6.45) is 0.919. The summed E-state index contributed by atoms with van der Waals surface area (Å²) in [5.74, 6) is 0.903. The minimum absolute atomic E-state index is 0.686. The molecule has 2 nitrogen and oxygen atoms in total. The molecular weight excluding hydrogens is 294 g/mol. The first-order valence-corrected chi connectivity index (χ1v) is 8.36. The summed E-state index contributed by atoms with van der Waals surface area (Å²) in [5, 5.41) is 3.45. The van der Waals surface area contributed by atoms with Crippen molar-refractivity contribution in [3.8, 4) is 5.75 Å². The van der Waals surface area contributed by atoms with Crippen molar-refractivity contribution in [2.75, 3.05) is 11.9 Å². The van der Waals surface area contributed by atoms with Crippen molar-refractivity contribution in [1.82, 2.24) is 0 Å². The number of anilines is 1. The van der Waals surface area contributed by atoms with Gasteiger partial charge in [0, 0.05) is 24.7 Å². The molecule has 0 heterocycles. The van der Waals surface area contributed by atoms with E-state index in [0.29, 0.717) is 6.61 Å². The molecule has 0 amide bonds. The molecule has 0 atom stereocenters. The van der Waals surface area contributed by atoms with Crippen molar-refractivity contribution in [2.24, 2.45) is 0 Å². The molecule has 0 aromatic heterocycles. The van der Waals surface area contributed by atoms with Gasteiger partial charge in [-0.1, -0.05) is 66.2 Å². The van der Waals surface area contributed by atoms with Crippen molar-refractivity contribution in [3.05, 3.63) is 95.6 Å². The maximum absolute atomic E-state index is 5.88. The van der Waals surface area contributed by atoms with Gasteiger partial charge in [0.25, 0.3) is 0 Å². The molecule has 2 heteroatoms. The third kappa shape index (κ3) is 4.88. The van der Waals surface area contributed by atoms with Crippen LogP contribution in [0.4, 0.5) is 5.69 Å². The molecule has 0 saturated heterocycles. The van der Waals surface area contributed by atoms with Gasteiger partial charge < -0.3 is 10.1 Å². The Balaban J connectivity index is 1.51. The van der Waals surface area contributed by atoms with Gasteiger partial charge in [0.15, 0.2) is 0 Å². The van der Waals surface area contributed by atoms with E-state index in [2.05, 4.69) is 72.9 Å². The Morgan fingerprint density at radius 1 is 0.792 bits per heavy atom. The van der Waals surface area contributed by atoms with Gasteiger partial charge in [-0.25, -0.2) is 0 Å². The van der Waals surface area contributed by atoms with Gasteiger partial charge >= 0.3 is 0 Å². The lowest BCUT2D eigenvalue weighted by Gasteiger charge is -2.10. The molecule has 0 bridgehead atoms. The summed E-state index contributed by atoms with van der Waals surface area (Å²) in [6, 6.07) is 27.1. The van der Waals surface area contributed by atoms with E-state index in [1.807, 2.05) is 18.2 Å². The van der Waals surface area contributed by atoms with Crippen molar-refractivity contribution >= 4 is 5.69 Å². The molecule has 122 valence electrons. The first-order valence-electron chi connectivity index (χ1n) is 8.36. The highest BCUT2D eigenvalue weighted by Gasteiger charge is 1.99. The summed E-state index contributed by atoms with van der Waals surface area (Å²) in [5.41, 5.74) is 4.93. The third-order valence-electron chi connectivity index (χ3n) is 3.95. The zero-order valence-corrected chi connectivity index (χ0v) is 14.0. The minimum Gasteiger partial charge on any atom is -0.493 e. The zero-order valence-electron chi connectivity index (χ0n) is 14.0. The van der Waals surface area contributed by atoms with E-state index in [1.165, 1.54) is 16.7 Å². The fraction of sp³-hybridized carbons (Fsp3) is 0.182. The molecule has 0 unspecified atom stereocenters. The van der Waals surface area contributed by atoms with Crippen molar-refractivity contribution in [2.45, 2.75) is 19.9 Å². The number of ether oxygens (including phenoxy) is 1. The Kier molecular flexibility index (Phi) is 5.52. The van der Waals surface area contributed by atoms with Gasteiger partial charge in [0.2, 0.25) is 0 Å². The van der Waals surface area contributed by atoms with Gasteiger partial charge in [-0.3, -0.25) is 0 Å². The summed E-state index contributed by atoms with van der Waals surface area (Å²) >= 11 is 0. The maximum atomic E-state index is 5.88. The Bertz CT molecular complexity index is 750. The molecule has 0 radical (unpaired) electrons. The van der Waals surface area contributed by atoms with E-state index < -0.39 is 0 Å². The molecule has 0 spiro atoms. The van der Waals surface area contributed by atoms with E-state index >= 15 is 0 Å². The second-order valence-electron chi connectivity index (χ2n) is 5.95. The van der Waals surface area contributed by atoms with E-state index in [0.717, 1.165) is 24.4 Å². The predicted molar refractivity (Wildman–Crippen MR) is 101 cm³/mol. The van der Waals surface area contributed by atoms with Crippen LogP contribution in [0.5, 0.6) is 5.75 Å². The van der Waals surface area contributed by atoms with Crippen LogP contribution >= 0.6 is 0 Å². The highest BCUT2D eigenvalue weighted by Crippen LogP contribution is 2.18. The first-order chi connectivity index (χ1) is 11.8. The number of aryl methyl sites for hydroxylation is 1. The average molecular weight is 317 g/mol. The normalized spacial score (nSPS) is 10.4. The molecule has 3 rings (SSSR count). The lowest BCUT2D eigenvalue weighted by atomic mass is 10.1. The molecule has 3 aromatic rings. The summed E-state index contributed by atoms with van der Waals surface area (Å²) in [7, 11) is 0. The Hall–Kier alpha value is -2.74. The summed E-state index contributed by atoms with van der Waals surface area (Å²) in [6.45, 7) is 3.60. The highest BCUT2D eigenvalue weighted by atomic mass is 16.5. The Morgan fingerprint density at radius 3 is 2.38 bits per heavy atom. The fourth-order valence-corrected chi connectivity index (χ4v) is 2.54. The largest absolute Gasteiger partial charge is 0.493 e. The predicted octanol–water partition coefficient (Wildman–Crippen LogP) is 5.23. The van der Waals surface area contributed by atoms with E-state index in [-0.39, 0.29) is 0 Å². The van der Waals surface area contributed by atoms with Gasteiger partial charge in [0.1, 0.15) is 5.75 Å². The molecule has 24 heavy (non-hydrogen) atoms. The van der Waals surface area contributed by atoms with Crippen LogP contribution in [0.15, 0.2) is 78.9 Å². The molecular formula is C22H23NO. The van der Waals surface area contributed by atoms with Gasteiger partial charge in [0.05, 0.1) is 6.61 Å². The van der Waals surface area contributed by atoms with Crippen molar-refractivity contribution < 1.29 is 4.74 Å². The fourth-order valence-electron chi connectivity index (χ4n) is 2.54. The standard InChI is InChI=1S/C22H23NO/c1-18-10-12-20(13-11-18)17-23-21-8-5-9-22(16-21)24-15-14-19-6-3-2-4-7-19/h2-13,16,23H,14-15,17H2,1H3. The van der Waals surface area contributed by atoms with Crippen LogP contribution in [0.1, 0.15) is 16.7 Å². The molecule has 0 saturated carbocycles. The van der Waals surface area contributed by atoms with Gasteiger partial charge in [-0.2, -0.15) is 0 Å². The lowest BCUT2D eigenvalue weighted by molar-refractivity contribution is 0.322. The van der Waals surface area contributed by atoms with Crippen LogP contribution in [0.2, 0.25) is 0 Å². The highest BCUT2D eigenvalue weighted by molar-refractivity contribution is 5.48. The average Bonchev–Trinajstić information content (AvgIpc) is 2.63. The lowest BCUT2D eigenvalue weighted by Crippen LogP contribution is -2.02. The van der Waals surface area contributed by atoms with Crippen LogP contribution < -0.4 is 10.1 Å². The van der Waals surface area contributed by atoms with E-state index in [9.17, 15) is 0 Å². The van der Waals surface area contributed by atoms with Crippen LogP contribution in [-0.4, -0.2) is 6.61 Å². The smallest absolute Gasteiger partial charge is 0.121 e. The monoisotopic (exact) mass is 317 g/mol. The second kappa shape index (κ2) is 8.21. The maximum Gasteiger partial charge on any atom is 0.121 e. The van der Waals surface area contributed by atoms with Crippen LogP contribution in [0.3, 0.4) is 0 Å². The molecule has 0 fully saturated rings. The van der Waals surface area contributed by atoms with Crippen LogP contribution in [-0.2, 0) is 13.0 Å². The zero-order chi connectivity index (χ0) is 16.6. The Labute approximate surface area is 144 Å². The molecule has 0 aliphatic rings. The summed E-state index contributed by atoms with van der Waals surface area (Å²) in [4.78, 5) is 0. The van der Waals surface area contributed by atoms with Crippen molar-refractivity contribution in [3.63, 3.8) is 0 Å². The molecule has 1 N–H and O–H groups in total. The van der Waals surface area contributed by atoms with E-state index in [4.69, 9.17) is 4.74 Å². The second-order valence-corrected chi connectivity index (χ2v) is 5.95. The number of hydrogen-bond acceptors (Lipinski definition) is 2. The molecule has 0 aliphatic carbocycles. The van der Waals surface area contributed by atoms with Crippen LogP contribution in [0, 0.1) is 6.92 Å². The van der Waals surface area contributed by atoms with Gasteiger partial charge in [-0.15, -0.1) is 0 Å². The number of benzene rings is 3. The molecule has 3 aromatic carbocycles. The third-order valence-corrected chi connectivity index (χ3v) is 3.95. The van der Waals surface area contributed by atoms with Crippen molar-refractivity contribution in [1.29, 1.82) is 0 Å². The summed E-state index contributed by atoms with van der Waals surface area (Å²) < 4.78 is 5.88. The minimum atomic E-state index is 0.686. The number of rotatable bonds is 7. The number of hydrogen-bond donors (Lipinski definition) is 1. The quantitative estimate of drug-likeness (QED) is 0.644. The van der Waals surface area contributed by atoms with Gasteiger partial charge in [-0.05, 0) is 30.2 Å². The van der Waals surface area contributed by atoms with Crippen LogP contribution in [0.25, 0.3) is 0 Å². The topological polar surface area (TPSA) is 21.3 Å². The Morgan fingerprint density at radius 2 is 1.58 bits per heavy atom.